The van der Waals surface area contributed by atoms with Crippen LogP contribution < -0.4 is 21.3 Å². The van der Waals surface area contributed by atoms with Crippen molar-refractivity contribution in [2.75, 3.05) is 63.5 Å². The number of hydrogen-bond donors (Lipinski definition) is 2. The van der Waals surface area contributed by atoms with Gasteiger partial charge in [-0.1, -0.05) is 18.2 Å². The lowest BCUT2D eigenvalue weighted by Gasteiger charge is -2.24. The Kier molecular flexibility index (Phi) is 3.26. The molecule has 36 heavy (non-hydrogen) atoms. The van der Waals surface area contributed by atoms with Crippen LogP contribution in [-0.2, 0) is 11.6 Å². The lowest BCUT2D eigenvalue weighted by molar-refractivity contribution is 0.416. The average Bonchev–Trinajstić information content (AvgIpc) is 3.81. The van der Waals surface area contributed by atoms with Gasteiger partial charge >= 0.3 is 0 Å². The van der Waals surface area contributed by atoms with E-state index in [0.717, 1.165) is 46.5 Å². The smallest absolute Gasteiger partial charge is 0.227 e. The summed E-state index contributed by atoms with van der Waals surface area (Å²) in [5, 5.41) is 5.07. The van der Waals surface area contributed by atoms with Gasteiger partial charge in [-0.05, 0) is 58.1 Å². The van der Waals surface area contributed by atoms with Gasteiger partial charge < -0.3 is 30.0 Å². The van der Waals surface area contributed by atoms with Crippen molar-refractivity contribution in [1.29, 1.82) is 0 Å². The molecule has 2 aromatic carbocycles. The maximum Gasteiger partial charge on any atom is 0.227 e. The predicted octanol–water partition coefficient (Wildman–Crippen LogP) is 8.94. The Labute approximate surface area is 267 Å². The Morgan fingerprint density at radius 2 is 1.89 bits per heavy atom. The quantitative estimate of drug-likeness (QED) is 0.152. The summed E-state index contributed by atoms with van der Waals surface area (Å²) in [4.78, 5) is 13.7. The van der Waals surface area contributed by atoms with Crippen molar-refractivity contribution in [3.63, 3.8) is 0 Å². The number of benzene rings is 2. The average molecular weight is 612 g/mol. The van der Waals surface area contributed by atoms with Gasteiger partial charge in [0.1, 0.15) is 7.14 Å². The van der Waals surface area contributed by atoms with Gasteiger partial charge in [0.05, 0.1) is 22.4 Å². The molecule has 0 aliphatic heterocycles. The summed E-state index contributed by atoms with van der Waals surface area (Å²) < 4.78 is 185. The van der Waals surface area contributed by atoms with Crippen molar-refractivity contribution in [3.05, 3.63) is 54.4 Å². The Hall–Kier alpha value is -3.35. The molecule has 226 valence electrons. The second kappa shape index (κ2) is 9.96. The highest BCUT2D eigenvalue weighted by molar-refractivity contribution is 7.70. The van der Waals surface area contributed by atoms with Gasteiger partial charge in [-0.15, -0.1) is 0 Å². The molecule has 4 aromatic rings. The summed E-state index contributed by atoms with van der Waals surface area (Å²) in [7, 11) is 5.54. The number of nitrogens with zero attached hydrogens (tertiary/aromatic N) is 5. The number of rotatable bonds is 8. The highest BCUT2D eigenvalue weighted by atomic mass is 31.2. The third-order valence-corrected chi connectivity index (χ3v) is 7.90. The van der Waals surface area contributed by atoms with Crippen molar-refractivity contribution < 1.29 is 56.5 Å². The first kappa shape index (κ1) is 11.8. The van der Waals surface area contributed by atoms with Crippen LogP contribution in [0.5, 0.6) is 0 Å². The molecule has 0 atom stereocenters. The van der Waals surface area contributed by atoms with E-state index in [1.165, 1.54) is 0 Å². The molecule has 4 rings (SSSR count). The number of para-hydroxylation sites is 1. The van der Waals surface area contributed by atoms with E-state index >= 15 is 0 Å². The fourth-order valence-electron chi connectivity index (χ4n) is 4.32. The van der Waals surface area contributed by atoms with Crippen LogP contribution in [0.3, 0.4) is 0 Å². The number of anilines is 4. The molecule has 0 amide bonds. The molecule has 0 saturated heterocycles. The topological polar surface area (TPSA) is 92.3 Å². The van der Waals surface area contributed by atoms with Crippen LogP contribution in [0, 0.1) is 6.92 Å². The molecule has 0 aliphatic rings. The molecular weight excluding hydrogens is 469 g/mol. The van der Waals surface area contributed by atoms with Crippen LogP contribution in [0.1, 0.15) is 57.5 Å². The lowest BCUT2D eigenvalue weighted by Crippen LogP contribution is -2.29. The zero-order valence-electron chi connectivity index (χ0n) is 56.2. The SMILES string of the molecule is Cc1cc(N(C)CCN(C)C)c(N)cc1Nc1ncc(P(C)(C)=O)c(-c2cn(C)c3ccccc23)n1.[3HH].[3H][3H].[3H][3H].[3H][3H].[3H][3H].[3H][3H].[3H][3H].[3H][3H].[3H][3H].[3H][3H].[3H][3H].[3H][3H].[3H][3H].[3H][3H].[3H][3H].[3H][3H].[3H][3H].[3H][3H]. The van der Waals surface area contributed by atoms with Gasteiger partial charge in [-0.2, -0.15) is 0 Å². The second-order valence-corrected chi connectivity index (χ2v) is 13.2. The molecule has 0 unspecified atom stereocenters. The number of nitrogens with one attached hydrogen (secondary N) is 1. The molecule has 8 nitrogen and oxygen atoms in total. The van der Waals surface area contributed by atoms with Crippen LogP contribution in [0.2, 0.25) is 0 Å². The zero-order valence-corrected chi connectivity index (χ0v) is 23.1. The Balaban J connectivity index is -0.0000000586. The van der Waals surface area contributed by atoms with Crippen LogP contribution >= 0.6 is 7.14 Å². The minimum Gasteiger partial charge on any atom is -0.397 e. The minimum atomic E-state index is -2.63. The van der Waals surface area contributed by atoms with E-state index in [4.69, 9.17) is 61.2 Å². The monoisotopic (exact) mass is 612 g/mol. The summed E-state index contributed by atoms with van der Waals surface area (Å²) in [6.07, 6.45) is 3.73. The number of likely N-dealkylation sites (N-methyl/N-ethyl adjacent to an activating group) is 2. The van der Waals surface area contributed by atoms with E-state index in [1.54, 1.807) is 19.5 Å². The van der Waals surface area contributed by atoms with E-state index in [0.29, 0.717) is 22.6 Å². The molecule has 0 spiro atoms. The highest BCUT2D eigenvalue weighted by Gasteiger charge is 2.23. The number of nitrogen functional groups attached to an aromatic ring is 1. The maximum absolute atomic E-state index is 13.2. The van der Waals surface area contributed by atoms with Crippen LogP contribution in [-0.4, -0.2) is 67.0 Å². The van der Waals surface area contributed by atoms with E-state index < -0.39 is 7.14 Å². The second-order valence-electron chi connectivity index (χ2n) is 10.0. The third-order valence-electron chi connectivity index (χ3n) is 6.42. The standard InChI is InChI=1S/C27H36N7OP.18H2/c1-18-14-24(33(4)13-12-32(2)3)21(28)15-22(18)30-27-29-16-25(36(6,7)35)26(31-27)20-17-34(5)23-11-9-8-10-19(20)23;;;;;;;;;;;;;;;;;;/h8-11,14-17H,12-13,28H2,1-7H3,(H,29,30,31);18*1H/i;17*1+2T;1+2. The van der Waals surface area contributed by atoms with E-state index in [1.807, 2.05) is 45.4 Å². The van der Waals surface area contributed by atoms with Crippen molar-refractivity contribution in [1.82, 2.24) is 19.4 Å². The van der Waals surface area contributed by atoms with Crippen molar-refractivity contribution in [3.8, 4) is 11.3 Å². The highest BCUT2D eigenvalue weighted by Crippen LogP contribution is 2.40. The number of aryl methyl sites for hydroxylation is 2. The molecule has 3 N–H and O–H groups in total. The third kappa shape index (κ3) is 5.25. The van der Waals surface area contributed by atoms with Crippen molar-refractivity contribution in [2.24, 2.45) is 7.05 Å². The zero-order chi connectivity index (χ0) is 60.2. The van der Waals surface area contributed by atoms with E-state index in [2.05, 4.69) is 57.0 Å². The first-order valence-corrected chi connectivity index (χ1v) is 14.6. The molecule has 9 heteroatoms. The van der Waals surface area contributed by atoms with Gasteiger partial charge in [0.15, 0.2) is 0 Å². The van der Waals surface area contributed by atoms with E-state index in [9.17, 15) is 4.57 Å². The Morgan fingerprint density at radius 1 is 1.17 bits per heavy atom. The number of nitrogens with two attached hydrogens (primary N) is 1. The minimum absolute atomic E-state index is 0. The van der Waals surface area contributed by atoms with Gasteiger partial charge in [0.25, 0.3) is 0 Å². The predicted molar refractivity (Wildman–Crippen MR) is 192 cm³/mol. The number of aromatic nitrogens is 3. The summed E-state index contributed by atoms with van der Waals surface area (Å²) in [6, 6.07) is 12.2. The summed E-state index contributed by atoms with van der Waals surface area (Å²) in [5.74, 6) is 0.436. The Bertz CT molecular complexity index is 1530. The van der Waals surface area contributed by atoms with E-state index in [-0.39, 0.29) is 1.43 Å². The van der Waals surface area contributed by atoms with Crippen LogP contribution in [0.25, 0.3) is 22.2 Å². The van der Waals surface area contributed by atoms with Crippen LogP contribution in [0.4, 0.5) is 23.0 Å². The Morgan fingerprint density at radius 3 is 2.58 bits per heavy atom. The molecule has 0 radical (unpaired) electrons. The molecule has 0 aliphatic carbocycles. The van der Waals surface area contributed by atoms with Gasteiger partial charge in [0, 0.05) is 114 Å². The fraction of sp³-hybridized carbons (Fsp3) is 0.333. The summed E-state index contributed by atoms with van der Waals surface area (Å²) in [5.41, 5.74) is 12.7. The first-order chi connectivity index (χ1) is 34.0. The summed E-state index contributed by atoms with van der Waals surface area (Å²) >= 11 is 0. The molecular formula is C27H72N7OP. The molecule has 0 bridgehead atoms. The largest absolute Gasteiger partial charge is 0.397 e. The summed E-state index contributed by atoms with van der Waals surface area (Å²) in [6.45, 7) is 7.35. The first-order valence-electron chi connectivity index (χ1n) is 29.0. The normalized spacial score (nSPS) is 15.7. The van der Waals surface area contributed by atoms with Gasteiger partial charge in [-0.25, -0.2) is 9.97 Å². The van der Waals surface area contributed by atoms with Gasteiger partial charge in [-0.3, -0.25) is 0 Å². The fourth-order valence-corrected chi connectivity index (χ4v) is 5.34. The van der Waals surface area contributed by atoms with Crippen LogP contribution in [0.15, 0.2) is 48.8 Å². The van der Waals surface area contributed by atoms with Gasteiger partial charge in [0.2, 0.25) is 5.95 Å². The molecule has 0 fully saturated rings. The van der Waals surface area contributed by atoms with Crippen molar-refractivity contribution in [2.45, 2.75) is 6.92 Å². The number of fused-ring (bicyclic) bond motifs is 1. The molecule has 0 saturated carbocycles. The number of hydrogen-bond acceptors (Lipinski definition) is 7. The maximum atomic E-state index is 13.2. The van der Waals surface area contributed by atoms with Crippen molar-refractivity contribution >= 4 is 46.4 Å². The lowest BCUT2D eigenvalue weighted by atomic mass is 10.1. The molecule has 2 aromatic heterocycles. The molecule has 2 heterocycles.